The van der Waals surface area contributed by atoms with Crippen LogP contribution >= 0.6 is 0 Å². The van der Waals surface area contributed by atoms with E-state index in [2.05, 4.69) is 13.2 Å². The molecule has 0 radical (unpaired) electrons. The first kappa shape index (κ1) is 24.9. The summed E-state index contributed by atoms with van der Waals surface area (Å²) in [5.41, 5.74) is 0. The van der Waals surface area contributed by atoms with E-state index in [0.29, 0.717) is 12.9 Å². The lowest BCUT2D eigenvalue weighted by molar-refractivity contribution is -0.104. The molecule has 21 heavy (non-hydrogen) atoms. The van der Waals surface area contributed by atoms with Crippen molar-refractivity contribution in [3.05, 3.63) is 25.3 Å². The lowest BCUT2D eigenvalue weighted by Crippen LogP contribution is -2.15. The molecule has 126 valence electrons. The Bertz CT molecular complexity index is 239. The number of ether oxygens (including phenoxy) is 2. The van der Waals surface area contributed by atoms with Crippen LogP contribution in [-0.4, -0.2) is 71.6 Å². The molecule has 0 saturated carbocycles. The van der Waals surface area contributed by atoms with Crippen LogP contribution in [-0.2, 0) is 14.3 Å². The van der Waals surface area contributed by atoms with Crippen molar-refractivity contribution in [3.63, 3.8) is 0 Å². The molecule has 1 aliphatic rings. The number of aldehydes is 1. The number of hydrogen-bond acceptors (Lipinski definition) is 7. The van der Waals surface area contributed by atoms with Gasteiger partial charge in [0.25, 0.3) is 0 Å². The quantitative estimate of drug-likeness (QED) is 0.301. The van der Waals surface area contributed by atoms with E-state index in [1.165, 1.54) is 6.08 Å². The van der Waals surface area contributed by atoms with Gasteiger partial charge in [0.2, 0.25) is 0 Å². The van der Waals surface area contributed by atoms with Gasteiger partial charge in [-0.25, -0.2) is 0 Å². The Balaban J connectivity index is -0.000000244. The van der Waals surface area contributed by atoms with Crippen LogP contribution in [0.2, 0.25) is 0 Å². The van der Waals surface area contributed by atoms with Crippen molar-refractivity contribution in [2.75, 3.05) is 26.4 Å². The Hall–Kier alpha value is -1.09. The highest BCUT2D eigenvalue weighted by Crippen LogP contribution is 2.10. The molecule has 0 aromatic heterocycles. The van der Waals surface area contributed by atoms with Gasteiger partial charge in [-0.1, -0.05) is 20.6 Å². The van der Waals surface area contributed by atoms with E-state index in [0.717, 1.165) is 0 Å². The van der Waals surface area contributed by atoms with Crippen molar-refractivity contribution in [1.29, 1.82) is 0 Å². The second-order valence-electron chi connectivity index (χ2n) is 3.60. The highest BCUT2D eigenvalue weighted by atomic mass is 16.7. The summed E-state index contributed by atoms with van der Waals surface area (Å²) in [5.74, 6) is 0. The van der Waals surface area contributed by atoms with Crippen molar-refractivity contribution >= 4 is 6.29 Å². The molecule has 0 amide bonds. The van der Waals surface area contributed by atoms with E-state index in [1.54, 1.807) is 6.08 Å². The second-order valence-corrected chi connectivity index (χ2v) is 3.60. The molecule has 0 aliphatic carbocycles. The molecule has 0 bridgehead atoms. The topological polar surface area (TPSA) is 116 Å². The molecular formula is C14H28O7. The van der Waals surface area contributed by atoms with Gasteiger partial charge >= 0.3 is 0 Å². The van der Waals surface area contributed by atoms with Crippen LogP contribution in [0.15, 0.2) is 25.3 Å². The first-order valence-electron chi connectivity index (χ1n) is 6.05. The summed E-state index contributed by atoms with van der Waals surface area (Å²) in [6, 6.07) is 0. The Kier molecular flexibility index (Phi) is 22.4. The number of allylic oxidation sites excluding steroid dienone is 1. The third-order valence-corrected chi connectivity index (χ3v) is 1.94. The molecule has 0 aromatic carbocycles. The number of aliphatic hydroxyl groups excluding tert-OH is 4. The van der Waals surface area contributed by atoms with Crippen LogP contribution < -0.4 is 0 Å². The van der Waals surface area contributed by atoms with Crippen LogP contribution in [0.3, 0.4) is 0 Å². The molecule has 1 saturated heterocycles. The van der Waals surface area contributed by atoms with Crippen molar-refractivity contribution < 1.29 is 34.7 Å². The normalized spacial score (nSPS) is 20.6. The fraction of sp³-hybridized carbons (Fsp3) is 0.643. The summed E-state index contributed by atoms with van der Waals surface area (Å²) < 4.78 is 10.1. The minimum absolute atomic E-state index is 0. The van der Waals surface area contributed by atoms with Gasteiger partial charge in [-0.3, -0.25) is 4.79 Å². The van der Waals surface area contributed by atoms with Gasteiger partial charge in [0, 0.05) is 6.61 Å². The predicted octanol–water partition coefficient (Wildman–Crippen LogP) is -0.364. The minimum Gasteiger partial charge on any atom is -0.396 e. The summed E-state index contributed by atoms with van der Waals surface area (Å²) >= 11 is 0. The van der Waals surface area contributed by atoms with E-state index in [4.69, 9.17) is 34.7 Å². The molecule has 1 fully saturated rings. The van der Waals surface area contributed by atoms with E-state index in [-0.39, 0.29) is 46.1 Å². The summed E-state index contributed by atoms with van der Waals surface area (Å²) in [5, 5.41) is 33.2. The fourth-order valence-corrected chi connectivity index (χ4v) is 0.930. The van der Waals surface area contributed by atoms with Crippen LogP contribution in [0.1, 0.15) is 13.8 Å². The second kappa shape index (κ2) is 18.9. The smallest absolute Gasteiger partial charge is 0.177 e. The van der Waals surface area contributed by atoms with Gasteiger partial charge in [-0.2, -0.15) is 0 Å². The van der Waals surface area contributed by atoms with Crippen molar-refractivity contribution in [2.24, 2.45) is 0 Å². The standard InChI is InChI=1S/C6H10O3.C4H10O3.C3H4O.CH4/c1-2-6-8-4-5(3-7)9-6;5-2-1-4(7)3-6;1-2-3-4;/h2,5-7H,1,3-4H2;4-7H,1-3H2;2-3H,1H2;1H4. The molecule has 1 heterocycles. The van der Waals surface area contributed by atoms with Crippen LogP contribution in [0, 0.1) is 0 Å². The minimum atomic E-state index is -0.745. The third kappa shape index (κ3) is 16.9. The van der Waals surface area contributed by atoms with Crippen molar-refractivity contribution in [3.8, 4) is 0 Å². The van der Waals surface area contributed by atoms with Gasteiger partial charge < -0.3 is 29.9 Å². The predicted molar refractivity (Wildman–Crippen MR) is 79.7 cm³/mol. The number of aliphatic hydroxyl groups is 4. The first-order chi connectivity index (χ1) is 9.59. The zero-order valence-electron chi connectivity index (χ0n) is 11.4. The molecule has 1 aliphatic heterocycles. The SMILES string of the molecule is C.C=CC1OCC(CO)O1.C=CC=O.OCCC(O)CO. The van der Waals surface area contributed by atoms with Crippen LogP contribution in [0.5, 0.6) is 0 Å². The van der Waals surface area contributed by atoms with Gasteiger partial charge in [0.15, 0.2) is 6.29 Å². The zero-order chi connectivity index (χ0) is 15.8. The van der Waals surface area contributed by atoms with Gasteiger partial charge in [0.05, 0.1) is 25.9 Å². The first-order valence-corrected chi connectivity index (χ1v) is 6.05. The summed E-state index contributed by atoms with van der Waals surface area (Å²) in [6.45, 7) is 6.74. The Labute approximate surface area is 126 Å². The molecule has 0 spiro atoms. The number of hydrogen-bond donors (Lipinski definition) is 4. The lowest BCUT2D eigenvalue weighted by atomic mass is 10.3. The highest BCUT2D eigenvalue weighted by Gasteiger charge is 2.22. The summed E-state index contributed by atoms with van der Waals surface area (Å²) in [4.78, 5) is 9.06. The van der Waals surface area contributed by atoms with Crippen molar-refractivity contribution in [1.82, 2.24) is 0 Å². The Morgan fingerprint density at radius 2 is 1.86 bits per heavy atom. The van der Waals surface area contributed by atoms with Crippen LogP contribution in [0.4, 0.5) is 0 Å². The number of carbonyl (C=O) groups excluding carboxylic acids is 1. The molecule has 7 heteroatoms. The highest BCUT2D eigenvalue weighted by molar-refractivity contribution is 5.63. The monoisotopic (exact) mass is 308 g/mol. The summed E-state index contributed by atoms with van der Waals surface area (Å²) in [6.07, 6.45) is 2.44. The third-order valence-electron chi connectivity index (χ3n) is 1.94. The van der Waals surface area contributed by atoms with Gasteiger partial charge in [-0.05, 0) is 18.6 Å². The molecule has 3 atom stereocenters. The van der Waals surface area contributed by atoms with Crippen LogP contribution in [0.25, 0.3) is 0 Å². The number of rotatable bonds is 6. The maximum absolute atomic E-state index is 9.06. The Morgan fingerprint density at radius 3 is 2.05 bits per heavy atom. The van der Waals surface area contributed by atoms with Crippen molar-refractivity contribution in [2.45, 2.75) is 32.3 Å². The lowest BCUT2D eigenvalue weighted by Gasteiger charge is -2.02. The largest absolute Gasteiger partial charge is 0.396 e. The van der Waals surface area contributed by atoms with E-state index in [1.807, 2.05) is 0 Å². The average Bonchev–Trinajstić information content (AvgIpc) is 2.96. The zero-order valence-corrected chi connectivity index (χ0v) is 11.4. The molecular weight excluding hydrogens is 280 g/mol. The Morgan fingerprint density at radius 1 is 1.29 bits per heavy atom. The molecule has 3 unspecified atom stereocenters. The maximum atomic E-state index is 9.06. The maximum Gasteiger partial charge on any atom is 0.177 e. The van der Waals surface area contributed by atoms with Gasteiger partial charge in [0.1, 0.15) is 12.4 Å². The summed E-state index contributed by atoms with van der Waals surface area (Å²) in [7, 11) is 0. The molecule has 1 rings (SSSR count). The number of carbonyl (C=O) groups is 1. The average molecular weight is 308 g/mol. The fourth-order valence-electron chi connectivity index (χ4n) is 0.930. The van der Waals surface area contributed by atoms with E-state index < -0.39 is 6.10 Å². The van der Waals surface area contributed by atoms with Gasteiger partial charge in [-0.15, -0.1) is 0 Å². The molecule has 7 nitrogen and oxygen atoms in total. The van der Waals surface area contributed by atoms with E-state index >= 15 is 0 Å². The molecule has 0 aromatic rings. The molecule has 4 N–H and O–H groups in total. The van der Waals surface area contributed by atoms with E-state index in [9.17, 15) is 0 Å².